The van der Waals surface area contributed by atoms with Crippen LogP contribution >= 0.6 is 0 Å². The molecular formula is C6H13O3. The number of ether oxygens (including phenoxy) is 2. The highest BCUT2D eigenvalue weighted by molar-refractivity contribution is 4.52. The molecule has 0 saturated heterocycles. The van der Waals surface area contributed by atoms with Crippen LogP contribution in [0.15, 0.2) is 0 Å². The molecule has 0 N–H and O–H groups in total. The van der Waals surface area contributed by atoms with Gasteiger partial charge in [0.25, 0.3) is 0 Å². The molecule has 3 heteroatoms. The molecule has 0 spiro atoms. The second-order valence-electron chi connectivity index (χ2n) is 1.81. The van der Waals surface area contributed by atoms with Gasteiger partial charge in [-0.05, 0) is 6.42 Å². The molecule has 1 unspecified atom stereocenters. The van der Waals surface area contributed by atoms with Crippen molar-refractivity contribution in [1.82, 2.24) is 0 Å². The summed E-state index contributed by atoms with van der Waals surface area (Å²) in [6.07, 6.45) is 0.515. The van der Waals surface area contributed by atoms with Gasteiger partial charge in [-0.1, -0.05) is 0 Å². The smallest absolute Gasteiger partial charge is 0.108 e. The van der Waals surface area contributed by atoms with Gasteiger partial charge in [0.1, 0.15) is 6.61 Å². The molecule has 1 atom stereocenters. The van der Waals surface area contributed by atoms with Crippen LogP contribution in [0.2, 0.25) is 0 Å². The molecule has 1 radical (unpaired) electrons. The van der Waals surface area contributed by atoms with Crippen LogP contribution in [-0.2, 0) is 14.6 Å². The van der Waals surface area contributed by atoms with Gasteiger partial charge in [-0.3, -0.25) is 0 Å². The lowest BCUT2D eigenvalue weighted by atomic mass is 10.3. The summed E-state index contributed by atoms with van der Waals surface area (Å²) < 4.78 is 9.57. The Hall–Kier alpha value is -0.120. The largest absolute Gasteiger partial charge is 0.385 e. The predicted molar refractivity (Wildman–Crippen MR) is 32.8 cm³/mol. The maximum Gasteiger partial charge on any atom is 0.108 e. The van der Waals surface area contributed by atoms with Crippen molar-refractivity contribution >= 4 is 0 Å². The Balaban J connectivity index is 3.09. The third kappa shape index (κ3) is 4.39. The van der Waals surface area contributed by atoms with Crippen LogP contribution in [-0.4, -0.2) is 33.5 Å². The fourth-order valence-corrected chi connectivity index (χ4v) is 0.519. The van der Waals surface area contributed by atoms with Gasteiger partial charge < -0.3 is 9.47 Å². The van der Waals surface area contributed by atoms with Crippen molar-refractivity contribution in [2.45, 2.75) is 12.5 Å². The third-order valence-electron chi connectivity index (χ3n) is 1.16. The van der Waals surface area contributed by atoms with E-state index in [4.69, 9.17) is 9.47 Å². The van der Waals surface area contributed by atoms with Gasteiger partial charge in [0.05, 0.1) is 6.10 Å². The average molecular weight is 133 g/mol. The van der Waals surface area contributed by atoms with E-state index in [1.54, 1.807) is 7.11 Å². The van der Waals surface area contributed by atoms with E-state index in [2.05, 4.69) is 0 Å². The molecule has 0 aliphatic rings. The number of rotatable bonds is 5. The fraction of sp³-hybridized carbons (Fsp3) is 1.00. The Labute approximate surface area is 55.6 Å². The topological polar surface area (TPSA) is 38.4 Å². The van der Waals surface area contributed by atoms with Gasteiger partial charge in [0.2, 0.25) is 0 Å². The zero-order chi connectivity index (χ0) is 7.11. The highest BCUT2D eigenvalue weighted by Gasteiger charge is 2.03. The first kappa shape index (κ1) is 8.88. The summed E-state index contributed by atoms with van der Waals surface area (Å²) in [7, 11) is 3.15. The van der Waals surface area contributed by atoms with Gasteiger partial charge in [0, 0.05) is 20.8 Å². The summed E-state index contributed by atoms with van der Waals surface area (Å²) in [5.41, 5.74) is 0. The summed E-state index contributed by atoms with van der Waals surface area (Å²) in [5, 5.41) is 10.2. The maximum absolute atomic E-state index is 10.2. The van der Waals surface area contributed by atoms with Crippen LogP contribution in [0.1, 0.15) is 6.42 Å². The molecule has 0 heterocycles. The molecule has 0 saturated carbocycles. The lowest BCUT2D eigenvalue weighted by Gasteiger charge is -2.08. The highest BCUT2D eigenvalue weighted by Crippen LogP contribution is 1.94. The minimum Gasteiger partial charge on any atom is -0.385 e. The summed E-state index contributed by atoms with van der Waals surface area (Å²) >= 11 is 0. The summed E-state index contributed by atoms with van der Waals surface area (Å²) in [5.74, 6) is 0. The lowest BCUT2D eigenvalue weighted by Crippen LogP contribution is -2.16. The van der Waals surface area contributed by atoms with E-state index >= 15 is 0 Å². The summed E-state index contributed by atoms with van der Waals surface area (Å²) in [6.45, 7) is 0.417. The first-order valence-corrected chi connectivity index (χ1v) is 2.95. The maximum atomic E-state index is 10.2. The van der Waals surface area contributed by atoms with Gasteiger partial charge in [-0.25, -0.2) is 5.11 Å². The molecule has 55 valence electrons. The monoisotopic (exact) mass is 133 g/mol. The van der Waals surface area contributed by atoms with Crippen molar-refractivity contribution in [3.8, 4) is 0 Å². The Bertz CT molecular complexity index is 52.3. The SMILES string of the molecule is COCCC(C[O])OC. The van der Waals surface area contributed by atoms with Crippen molar-refractivity contribution in [1.29, 1.82) is 0 Å². The van der Waals surface area contributed by atoms with Crippen LogP contribution in [0.4, 0.5) is 0 Å². The van der Waals surface area contributed by atoms with E-state index in [0.29, 0.717) is 13.0 Å². The molecule has 0 aromatic carbocycles. The van der Waals surface area contributed by atoms with Gasteiger partial charge in [-0.15, -0.1) is 0 Å². The molecule has 0 aromatic rings. The fourth-order valence-electron chi connectivity index (χ4n) is 0.519. The molecule has 0 rings (SSSR count). The normalized spacial score (nSPS) is 13.7. The Morgan fingerprint density at radius 1 is 1.44 bits per heavy atom. The average Bonchev–Trinajstić information content (AvgIpc) is 1.91. The van der Waals surface area contributed by atoms with E-state index in [1.807, 2.05) is 0 Å². The Morgan fingerprint density at radius 3 is 2.44 bits per heavy atom. The molecule has 0 amide bonds. The van der Waals surface area contributed by atoms with E-state index in [9.17, 15) is 5.11 Å². The van der Waals surface area contributed by atoms with Gasteiger partial charge in [-0.2, -0.15) is 0 Å². The van der Waals surface area contributed by atoms with Gasteiger partial charge >= 0.3 is 0 Å². The van der Waals surface area contributed by atoms with Crippen LogP contribution in [0.5, 0.6) is 0 Å². The van der Waals surface area contributed by atoms with Crippen LogP contribution < -0.4 is 0 Å². The molecule has 0 bridgehead atoms. The lowest BCUT2D eigenvalue weighted by molar-refractivity contribution is 0.00229. The minimum atomic E-state index is -0.181. The summed E-state index contributed by atoms with van der Waals surface area (Å²) in [4.78, 5) is 0. The van der Waals surface area contributed by atoms with Crippen molar-refractivity contribution in [2.75, 3.05) is 27.4 Å². The molecule has 0 aromatic heterocycles. The van der Waals surface area contributed by atoms with Crippen LogP contribution in [0, 0.1) is 0 Å². The number of hydrogen-bond donors (Lipinski definition) is 0. The first-order chi connectivity index (χ1) is 4.35. The zero-order valence-corrected chi connectivity index (χ0v) is 5.92. The quantitative estimate of drug-likeness (QED) is 0.546. The van der Waals surface area contributed by atoms with E-state index in [-0.39, 0.29) is 12.7 Å². The molecule has 0 aliphatic carbocycles. The van der Waals surface area contributed by atoms with Crippen molar-refractivity contribution in [2.24, 2.45) is 0 Å². The molecule has 0 fully saturated rings. The summed E-state index contributed by atoms with van der Waals surface area (Å²) in [6, 6.07) is 0. The molecule has 3 nitrogen and oxygen atoms in total. The van der Waals surface area contributed by atoms with E-state index in [1.165, 1.54) is 7.11 Å². The first-order valence-electron chi connectivity index (χ1n) is 2.95. The molecule has 9 heavy (non-hydrogen) atoms. The second-order valence-corrected chi connectivity index (χ2v) is 1.81. The molecule has 0 aliphatic heterocycles. The van der Waals surface area contributed by atoms with E-state index in [0.717, 1.165) is 0 Å². The van der Waals surface area contributed by atoms with Crippen molar-refractivity contribution in [3.05, 3.63) is 0 Å². The number of hydrogen-bond acceptors (Lipinski definition) is 2. The highest BCUT2D eigenvalue weighted by atomic mass is 16.5. The zero-order valence-electron chi connectivity index (χ0n) is 5.92. The standard InChI is InChI=1S/C6H13O3/c1-8-4-3-6(5-7)9-2/h6H,3-5H2,1-2H3. The Morgan fingerprint density at radius 2 is 2.11 bits per heavy atom. The van der Waals surface area contributed by atoms with Crippen molar-refractivity contribution in [3.63, 3.8) is 0 Å². The van der Waals surface area contributed by atoms with E-state index < -0.39 is 0 Å². The molecular weight excluding hydrogens is 120 g/mol. The third-order valence-corrected chi connectivity index (χ3v) is 1.16. The van der Waals surface area contributed by atoms with Crippen LogP contribution in [0.3, 0.4) is 0 Å². The van der Waals surface area contributed by atoms with Crippen molar-refractivity contribution < 1.29 is 14.6 Å². The van der Waals surface area contributed by atoms with Crippen LogP contribution in [0.25, 0.3) is 0 Å². The Kier molecular flexibility index (Phi) is 5.93. The number of methoxy groups -OCH3 is 2. The second kappa shape index (κ2) is 6.01. The minimum absolute atomic E-state index is 0.176. The van der Waals surface area contributed by atoms with Gasteiger partial charge in [0.15, 0.2) is 0 Å². The predicted octanol–water partition coefficient (Wildman–Crippen LogP) is 0.468.